The van der Waals surface area contributed by atoms with Crippen LogP contribution in [0, 0.1) is 11.8 Å². The van der Waals surface area contributed by atoms with Crippen molar-refractivity contribution in [3.8, 4) is 5.75 Å². The zero-order chi connectivity index (χ0) is 30.7. The van der Waals surface area contributed by atoms with Crippen LogP contribution in [0.5, 0.6) is 5.75 Å². The lowest BCUT2D eigenvalue weighted by Crippen LogP contribution is -2.70. The van der Waals surface area contributed by atoms with Crippen LogP contribution in [0.2, 0.25) is 0 Å². The van der Waals surface area contributed by atoms with E-state index in [2.05, 4.69) is 5.32 Å². The van der Waals surface area contributed by atoms with Gasteiger partial charge in [0.25, 0.3) is 5.91 Å². The Labute approximate surface area is 233 Å². The summed E-state index contributed by atoms with van der Waals surface area (Å²) in [6.45, 7) is 1.68. The summed E-state index contributed by atoms with van der Waals surface area (Å²) in [5.41, 5.74) is 1.47. The minimum Gasteiger partial charge on any atom is -0.508 e. The van der Waals surface area contributed by atoms with E-state index in [9.17, 15) is 49.5 Å². The highest BCUT2D eigenvalue weighted by Crippen LogP contribution is 2.55. The van der Waals surface area contributed by atoms with E-state index >= 15 is 0 Å². The Morgan fingerprint density at radius 3 is 2.24 bits per heavy atom. The first kappa shape index (κ1) is 29.7. The van der Waals surface area contributed by atoms with Crippen molar-refractivity contribution < 1.29 is 54.6 Å². The fourth-order valence-corrected chi connectivity index (χ4v) is 6.38. The molecule has 220 valence electrons. The number of nitrogens with two attached hydrogens (primary N) is 1. The van der Waals surface area contributed by atoms with Crippen molar-refractivity contribution in [1.82, 2.24) is 10.2 Å². The molecule has 1 saturated carbocycles. The van der Waals surface area contributed by atoms with E-state index in [4.69, 9.17) is 10.8 Å². The van der Waals surface area contributed by atoms with Crippen LogP contribution in [-0.4, -0.2) is 103 Å². The molecule has 14 nitrogen and oxygen atoms in total. The van der Waals surface area contributed by atoms with Crippen molar-refractivity contribution >= 4 is 35.1 Å². The Bertz CT molecular complexity index is 1430. The van der Waals surface area contributed by atoms with Crippen molar-refractivity contribution in [3.05, 3.63) is 46.2 Å². The Hall–Kier alpha value is -4.27. The van der Waals surface area contributed by atoms with E-state index in [1.165, 1.54) is 25.1 Å². The number of aromatic hydroxyl groups is 1. The Morgan fingerprint density at radius 1 is 1.12 bits per heavy atom. The lowest BCUT2D eigenvalue weighted by Gasteiger charge is -2.53. The summed E-state index contributed by atoms with van der Waals surface area (Å²) < 4.78 is 0. The number of benzene rings is 1. The van der Waals surface area contributed by atoms with Gasteiger partial charge in [-0.3, -0.25) is 24.1 Å². The fraction of sp³-hybridized carbons (Fsp3) is 0.444. The van der Waals surface area contributed by atoms with Crippen LogP contribution in [-0.2, 0) is 24.0 Å². The SMILES string of the molecule is C[C@H]1c2cccc(O)c2C(O)=C2C(=O)[C@]3(O)C(O)=C(C(N)=O)C(=O)[C@@H](N(C)C)[C@@H]3[C@@H](O)[C@@H]21.O=C1CC[C@@H](C(=O)O)N1. The van der Waals surface area contributed by atoms with Gasteiger partial charge in [0.05, 0.1) is 23.6 Å². The summed E-state index contributed by atoms with van der Waals surface area (Å²) in [6, 6.07) is 2.49. The zero-order valence-electron chi connectivity index (χ0n) is 22.4. The number of carboxylic acids is 1. The molecule has 0 unspecified atom stereocenters. The van der Waals surface area contributed by atoms with Gasteiger partial charge in [-0.05, 0) is 38.1 Å². The van der Waals surface area contributed by atoms with Crippen LogP contribution < -0.4 is 11.1 Å². The van der Waals surface area contributed by atoms with Gasteiger partial charge >= 0.3 is 5.97 Å². The highest BCUT2D eigenvalue weighted by Gasteiger charge is 2.68. The smallest absolute Gasteiger partial charge is 0.326 e. The second-order valence-corrected chi connectivity index (χ2v) is 10.8. The molecule has 0 spiro atoms. The number of phenols is 1. The number of carbonyl (C=O) groups is 5. The summed E-state index contributed by atoms with van der Waals surface area (Å²) in [4.78, 5) is 60.5. The summed E-state index contributed by atoms with van der Waals surface area (Å²) in [7, 11) is 2.92. The molecule has 14 heteroatoms. The lowest BCUT2D eigenvalue weighted by atomic mass is 9.54. The molecule has 0 radical (unpaired) electrons. The molecule has 41 heavy (non-hydrogen) atoms. The van der Waals surface area contributed by atoms with Crippen LogP contribution in [0.25, 0.3) is 5.76 Å². The maximum Gasteiger partial charge on any atom is 0.326 e. The van der Waals surface area contributed by atoms with Gasteiger partial charge in [0.1, 0.15) is 28.9 Å². The van der Waals surface area contributed by atoms with Gasteiger partial charge in [0, 0.05) is 17.9 Å². The maximum absolute atomic E-state index is 13.7. The minimum atomic E-state index is -2.89. The standard InChI is InChI=1S/C22H24N2O8.C5H7NO3/c1-7-8-5-4-6-9(25)11(8)16(26)12-10(7)17(27)14-15(24(2)3)18(28)13(21(23)31)20(30)22(14,32)19(12)29;7-4-2-1-3(6-4)5(8)9/h4-7,10,14-15,17,25-27,30,32H,1-3H3,(H2,23,31);3H,1-2H2,(H,6,7)(H,8,9)/t7-,10+,14+,15-,17-,22-;3-/m00/s1. The second kappa shape index (κ2) is 10.3. The first-order chi connectivity index (χ1) is 19.1. The molecule has 7 atom stereocenters. The maximum atomic E-state index is 13.7. The van der Waals surface area contributed by atoms with Crippen molar-refractivity contribution in [2.75, 3.05) is 14.1 Å². The summed E-state index contributed by atoms with van der Waals surface area (Å²) in [5.74, 6) is -9.97. The number of amides is 2. The molecule has 0 aromatic heterocycles. The van der Waals surface area contributed by atoms with Gasteiger partial charge in [-0.25, -0.2) is 4.79 Å². The highest BCUT2D eigenvalue weighted by atomic mass is 16.4. The largest absolute Gasteiger partial charge is 0.508 e. The molecule has 1 saturated heterocycles. The third kappa shape index (κ3) is 4.34. The number of aliphatic hydroxyl groups excluding tert-OH is 3. The van der Waals surface area contributed by atoms with Gasteiger partial charge < -0.3 is 41.7 Å². The van der Waals surface area contributed by atoms with E-state index in [0.717, 1.165) is 0 Å². The molecule has 1 aromatic rings. The molecule has 5 rings (SSSR count). The summed E-state index contributed by atoms with van der Waals surface area (Å²) in [5, 5.41) is 65.5. The average molecular weight is 574 g/mol. The number of nitrogens with zero attached hydrogens (tertiary/aromatic N) is 1. The highest BCUT2D eigenvalue weighted by molar-refractivity contribution is 6.24. The Morgan fingerprint density at radius 2 is 1.76 bits per heavy atom. The van der Waals surface area contributed by atoms with E-state index in [0.29, 0.717) is 18.4 Å². The number of phenolic OH excluding ortho intramolecular Hbond substituents is 1. The number of carboxylic acid groups (broad SMARTS) is 1. The van der Waals surface area contributed by atoms with Crippen LogP contribution in [0.3, 0.4) is 0 Å². The van der Waals surface area contributed by atoms with Crippen LogP contribution in [0.4, 0.5) is 0 Å². The number of hydrogen-bond acceptors (Lipinski definition) is 11. The average Bonchev–Trinajstić information content (AvgIpc) is 3.33. The molecule has 3 aliphatic carbocycles. The Balaban J connectivity index is 0.000000367. The number of fused-ring (bicyclic) bond motifs is 3. The van der Waals surface area contributed by atoms with Crippen LogP contribution >= 0.6 is 0 Å². The quantitative estimate of drug-likeness (QED) is 0.200. The molecule has 9 N–H and O–H groups in total. The van der Waals surface area contributed by atoms with Crippen LogP contribution in [0.15, 0.2) is 35.1 Å². The molecule has 2 fully saturated rings. The third-order valence-electron chi connectivity index (χ3n) is 8.29. The summed E-state index contributed by atoms with van der Waals surface area (Å²) in [6.07, 6.45) is -0.821. The molecular formula is C27H31N3O11. The number of likely N-dealkylation sites (N-methyl/N-ethyl adjacent to an activating group) is 1. The van der Waals surface area contributed by atoms with Gasteiger partial charge in [0.2, 0.25) is 11.7 Å². The third-order valence-corrected chi connectivity index (χ3v) is 8.29. The molecule has 0 bridgehead atoms. The first-order valence-corrected chi connectivity index (χ1v) is 12.7. The van der Waals surface area contributed by atoms with E-state index < -0.39 is 87.6 Å². The van der Waals surface area contributed by atoms with Gasteiger partial charge in [-0.15, -0.1) is 0 Å². The second-order valence-electron chi connectivity index (χ2n) is 10.8. The van der Waals surface area contributed by atoms with Crippen molar-refractivity contribution in [2.45, 2.75) is 49.5 Å². The minimum absolute atomic E-state index is 0.0245. The number of aliphatic hydroxyl groups is 4. The van der Waals surface area contributed by atoms with Gasteiger partial charge in [0.15, 0.2) is 11.4 Å². The molecule has 4 aliphatic rings. The monoisotopic (exact) mass is 573 g/mol. The number of primary amides is 1. The molecular weight excluding hydrogens is 542 g/mol. The van der Waals surface area contributed by atoms with Crippen molar-refractivity contribution in [1.29, 1.82) is 0 Å². The number of aliphatic carboxylic acids is 1. The Kier molecular flexibility index (Phi) is 7.45. The molecule has 1 heterocycles. The number of Topliss-reactive ketones (excluding diaryl/α,β-unsaturated/α-hetero) is 2. The number of nitrogens with one attached hydrogen (secondary N) is 1. The van der Waals surface area contributed by atoms with E-state index in [1.807, 2.05) is 0 Å². The topological polar surface area (TPSA) is 248 Å². The number of rotatable bonds is 3. The van der Waals surface area contributed by atoms with E-state index in [1.54, 1.807) is 19.1 Å². The van der Waals surface area contributed by atoms with Gasteiger partial charge in [-0.1, -0.05) is 19.1 Å². The summed E-state index contributed by atoms with van der Waals surface area (Å²) >= 11 is 0. The number of carbonyl (C=O) groups excluding carboxylic acids is 4. The number of hydrogen-bond donors (Lipinski definition) is 8. The molecule has 1 aromatic carbocycles. The first-order valence-electron chi connectivity index (χ1n) is 12.7. The number of ketones is 2. The van der Waals surface area contributed by atoms with E-state index in [-0.39, 0.29) is 17.2 Å². The molecule has 2 amide bonds. The normalized spacial score (nSPS) is 32.5. The zero-order valence-corrected chi connectivity index (χ0v) is 22.4. The van der Waals surface area contributed by atoms with Gasteiger partial charge in [-0.2, -0.15) is 0 Å². The van der Waals surface area contributed by atoms with Crippen molar-refractivity contribution in [3.63, 3.8) is 0 Å². The predicted molar refractivity (Wildman–Crippen MR) is 139 cm³/mol. The lowest BCUT2D eigenvalue weighted by molar-refractivity contribution is -0.169. The fourth-order valence-electron chi connectivity index (χ4n) is 6.38. The van der Waals surface area contributed by atoms with Crippen LogP contribution in [0.1, 0.15) is 36.8 Å². The van der Waals surface area contributed by atoms with Crippen molar-refractivity contribution in [2.24, 2.45) is 17.6 Å². The molecule has 1 aliphatic heterocycles. The predicted octanol–water partition coefficient (Wildman–Crippen LogP) is -1.15.